The zero-order valence-corrected chi connectivity index (χ0v) is 12.3. The Morgan fingerprint density at radius 3 is 2.53 bits per heavy atom. The van der Waals surface area contributed by atoms with Crippen LogP contribution in [-0.4, -0.2) is 34.4 Å². The molecule has 1 heterocycles. The van der Waals surface area contributed by atoms with Gasteiger partial charge in [-0.15, -0.1) is 0 Å². The standard InChI is InChI=1S/C12H19N3O3S/c1-6(2)5-8(12(17)18)14-10(16)9-7(3)15-19-11(9)13-4/h6,8,13H,5H2,1-4H3,(H,14,16)(H,17,18)/t8-/m1/s1. The molecule has 3 N–H and O–H groups in total. The quantitative estimate of drug-likeness (QED) is 0.740. The second-order valence-corrected chi connectivity index (χ2v) is 5.49. The van der Waals surface area contributed by atoms with Crippen molar-refractivity contribution in [2.45, 2.75) is 33.2 Å². The van der Waals surface area contributed by atoms with Crippen molar-refractivity contribution in [3.8, 4) is 0 Å². The second-order valence-electron chi connectivity index (χ2n) is 4.72. The van der Waals surface area contributed by atoms with Gasteiger partial charge in [0.15, 0.2) is 0 Å². The Bertz CT molecular complexity index is 471. The number of anilines is 1. The maximum absolute atomic E-state index is 12.2. The smallest absolute Gasteiger partial charge is 0.326 e. The number of aromatic nitrogens is 1. The van der Waals surface area contributed by atoms with E-state index >= 15 is 0 Å². The highest BCUT2D eigenvalue weighted by atomic mass is 32.1. The zero-order chi connectivity index (χ0) is 14.6. The van der Waals surface area contributed by atoms with Crippen LogP contribution in [0.2, 0.25) is 0 Å². The van der Waals surface area contributed by atoms with E-state index < -0.39 is 17.9 Å². The molecule has 0 aliphatic carbocycles. The Labute approximate surface area is 116 Å². The third-order valence-electron chi connectivity index (χ3n) is 2.63. The first kappa shape index (κ1) is 15.4. The highest BCUT2D eigenvalue weighted by molar-refractivity contribution is 7.10. The molecule has 0 saturated heterocycles. The fraction of sp³-hybridized carbons (Fsp3) is 0.583. The SMILES string of the molecule is CNc1snc(C)c1C(=O)N[C@H](CC(C)C)C(=O)O. The number of aryl methyl sites for hydroxylation is 1. The van der Waals surface area contributed by atoms with Gasteiger partial charge in [-0.25, -0.2) is 4.79 Å². The predicted octanol–water partition coefficient (Wildman–Crippen LogP) is 1.72. The normalized spacial score (nSPS) is 12.3. The number of nitrogens with zero attached hydrogens (tertiary/aromatic N) is 1. The average Bonchev–Trinajstić information content (AvgIpc) is 2.68. The summed E-state index contributed by atoms with van der Waals surface area (Å²) in [6, 6.07) is -0.878. The summed E-state index contributed by atoms with van der Waals surface area (Å²) >= 11 is 1.18. The van der Waals surface area contributed by atoms with Gasteiger partial charge in [0.05, 0.1) is 11.3 Å². The van der Waals surface area contributed by atoms with Gasteiger partial charge in [0.1, 0.15) is 11.0 Å². The van der Waals surface area contributed by atoms with Gasteiger partial charge in [-0.05, 0) is 30.8 Å². The van der Waals surface area contributed by atoms with Crippen LogP contribution in [0.25, 0.3) is 0 Å². The molecule has 1 rings (SSSR count). The fourth-order valence-corrected chi connectivity index (χ4v) is 2.47. The highest BCUT2D eigenvalue weighted by Gasteiger charge is 2.25. The lowest BCUT2D eigenvalue weighted by Crippen LogP contribution is -2.41. The van der Waals surface area contributed by atoms with Crippen molar-refractivity contribution >= 4 is 28.4 Å². The van der Waals surface area contributed by atoms with E-state index in [0.29, 0.717) is 22.7 Å². The number of amides is 1. The number of carbonyl (C=O) groups excluding carboxylic acids is 1. The molecule has 1 aromatic rings. The third kappa shape index (κ3) is 3.92. The van der Waals surface area contributed by atoms with Crippen LogP contribution in [0.3, 0.4) is 0 Å². The van der Waals surface area contributed by atoms with E-state index in [2.05, 4.69) is 15.0 Å². The molecule has 7 heteroatoms. The number of carbonyl (C=O) groups is 2. The van der Waals surface area contributed by atoms with Crippen molar-refractivity contribution in [2.24, 2.45) is 5.92 Å². The minimum Gasteiger partial charge on any atom is -0.480 e. The van der Waals surface area contributed by atoms with Crippen LogP contribution < -0.4 is 10.6 Å². The van der Waals surface area contributed by atoms with Crippen LogP contribution in [0.1, 0.15) is 36.3 Å². The number of hydrogen-bond acceptors (Lipinski definition) is 5. The molecule has 0 spiro atoms. The van der Waals surface area contributed by atoms with Crippen LogP contribution in [0.4, 0.5) is 5.00 Å². The minimum atomic E-state index is -1.02. The molecule has 106 valence electrons. The van der Waals surface area contributed by atoms with Crippen LogP contribution >= 0.6 is 11.5 Å². The first-order chi connectivity index (χ1) is 8.86. The maximum atomic E-state index is 12.2. The van der Waals surface area contributed by atoms with Crippen LogP contribution in [-0.2, 0) is 4.79 Å². The predicted molar refractivity (Wildman–Crippen MR) is 74.7 cm³/mol. The Kier molecular flexibility index (Phi) is 5.29. The average molecular weight is 285 g/mol. The number of aliphatic carboxylic acids is 1. The van der Waals surface area contributed by atoms with E-state index in [1.165, 1.54) is 11.5 Å². The minimum absolute atomic E-state index is 0.187. The molecule has 1 amide bonds. The van der Waals surface area contributed by atoms with Crippen molar-refractivity contribution in [1.29, 1.82) is 0 Å². The number of rotatable bonds is 6. The Balaban J connectivity index is 2.87. The van der Waals surface area contributed by atoms with Crippen molar-refractivity contribution in [3.05, 3.63) is 11.3 Å². The number of nitrogens with one attached hydrogen (secondary N) is 2. The summed E-state index contributed by atoms with van der Waals surface area (Å²) < 4.78 is 4.09. The lowest BCUT2D eigenvalue weighted by molar-refractivity contribution is -0.139. The van der Waals surface area contributed by atoms with Crippen LogP contribution in [0.15, 0.2) is 0 Å². The van der Waals surface area contributed by atoms with Gasteiger partial charge >= 0.3 is 5.97 Å². The first-order valence-electron chi connectivity index (χ1n) is 6.04. The summed E-state index contributed by atoms with van der Waals surface area (Å²) in [6.45, 7) is 5.56. The fourth-order valence-electron chi connectivity index (χ4n) is 1.73. The lowest BCUT2D eigenvalue weighted by atomic mass is 10.0. The molecule has 0 radical (unpaired) electrons. The van der Waals surface area contributed by atoms with Crippen molar-refractivity contribution in [3.63, 3.8) is 0 Å². The summed E-state index contributed by atoms with van der Waals surface area (Å²) in [5, 5.41) is 15.2. The number of carboxylic acid groups (broad SMARTS) is 1. The monoisotopic (exact) mass is 285 g/mol. The second kappa shape index (κ2) is 6.51. The maximum Gasteiger partial charge on any atom is 0.326 e. The van der Waals surface area contributed by atoms with Gasteiger partial charge in [-0.3, -0.25) is 4.79 Å². The van der Waals surface area contributed by atoms with Gasteiger partial charge in [-0.1, -0.05) is 13.8 Å². The van der Waals surface area contributed by atoms with E-state index in [0.717, 1.165) is 0 Å². The van der Waals surface area contributed by atoms with Crippen LogP contribution in [0.5, 0.6) is 0 Å². The molecule has 19 heavy (non-hydrogen) atoms. The van der Waals surface area contributed by atoms with E-state index in [1.807, 2.05) is 13.8 Å². The van der Waals surface area contributed by atoms with E-state index in [9.17, 15) is 9.59 Å². The molecular weight excluding hydrogens is 266 g/mol. The molecule has 0 aliphatic rings. The molecular formula is C12H19N3O3S. The molecule has 1 aromatic heterocycles. The third-order valence-corrected chi connectivity index (χ3v) is 3.58. The van der Waals surface area contributed by atoms with E-state index in [1.54, 1.807) is 14.0 Å². The Hall–Kier alpha value is -1.63. The molecule has 0 aromatic carbocycles. The topological polar surface area (TPSA) is 91.3 Å². The molecule has 0 bridgehead atoms. The number of hydrogen-bond donors (Lipinski definition) is 3. The first-order valence-corrected chi connectivity index (χ1v) is 6.81. The molecule has 6 nitrogen and oxygen atoms in total. The summed E-state index contributed by atoms with van der Waals surface area (Å²) in [5.74, 6) is -1.23. The lowest BCUT2D eigenvalue weighted by Gasteiger charge is -2.16. The van der Waals surface area contributed by atoms with E-state index in [-0.39, 0.29) is 5.92 Å². The molecule has 0 saturated carbocycles. The van der Waals surface area contributed by atoms with Crippen molar-refractivity contribution < 1.29 is 14.7 Å². The summed E-state index contributed by atoms with van der Waals surface area (Å²) in [7, 11) is 1.70. The van der Waals surface area contributed by atoms with Crippen molar-refractivity contribution in [2.75, 3.05) is 12.4 Å². The largest absolute Gasteiger partial charge is 0.480 e. The summed E-state index contributed by atoms with van der Waals surface area (Å²) in [6.07, 6.45) is 0.395. The molecule has 0 aliphatic heterocycles. The van der Waals surface area contributed by atoms with Gasteiger partial charge in [0.25, 0.3) is 5.91 Å². The van der Waals surface area contributed by atoms with Crippen molar-refractivity contribution in [1.82, 2.24) is 9.69 Å². The van der Waals surface area contributed by atoms with Crippen LogP contribution in [0, 0.1) is 12.8 Å². The Morgan fingerprint density at radius 1 is 1.42 bits per heavy atom. The molecule has 0 unspecified atom stereocenters. The zero-order valence-electron chi connectivity index (χ0n) is 11.5. The molecule has 1 atom stereocenters. The Morgan fingerprint density at radius 2 is 2.05 bits per heavy atom. The molecule has 0 fully saturated rings. The summed E-state index contributed by atoms with van der Waals surface area (Å²) in [4.78, 5) is 23.3. The number of carboxylic acids is 1. The van der Waals surface area contributed by atoms with Gasteiger partial charge < -0.3 is 15.7 Å². The highest BCUT2D eigenvalue weighted by Crippen LogP contribution is 2.23. The van der Waals surface area contributed by atoms with E-state index in [4.69, 9.17) is 5.11 Å². The van der Waals surface area contributed by atoms with Gasteiger partial charge in [-0.2, -0.15) is 4.37 Å². The van der Waals surface area contributed by atoms with Gasteiger partial charge in [0.2, 0.25) is 0 Å². The summed E-state index contributed by atoms with van der Waals surface area (Å²) in [5.41, 5.74) is 1.02. The van der Waals surface area contributed by atoms with Gasteiger partial charge in [0, 0.05) is 7.05 Å².